The highest BCUT2D eigenvalue weighted by atomic mass is 16.5. The van der Waals surface area contributed by atoms with Gasteiger partial charge < -0.3 is 20.3 Å². The minimum absolute atomic E-state index is 0.492. The Bertz CT molecular complexity index is 507. The Morgan fingerprint density at radius 2 is 2.12 bits per heavy atom. The molecule has 24 heavy (non-hydrogen) atoms. The van der Waals surface area contributed by atoms with E-state index in [9.17, 15) is 0 Å². The predicted molar refractivity (Wildman–Crippen MR) is 98.5 cm³/mol. The summed E-state index contributed by atoms with van der Waals surface area (Å²) in [6.45, 7) is 10.4. The lowest BCUT2D eigenvalue weighted by Crippen LogP contribution is -2.49. The zero-order valence-corrected chi connectivity index (χ0v) is 15.4. The molecule has 6 heteroatoms. The molecule has 134 valence electrons. The molecule has 2 heterocycles. The summed E-state index contributed by atoms with van der Waals surface area (Å²) in [6, 6.07) is 4.99. The average Bonchev–Trinajstić information content (AvgIpc) is 2.61. The fraction of sp³-hybridized carbons (Fsp3) is 0.667. The maximum absolute atomic E-state index is 5.08. The van der Waals surface area contributed by atoms with E-state index in [1.54, 1.807) is 7.11 Å². The number of hydrogen-bond acceptors (Lipinski definition) is 4. The molecule has 1 aliphatic heterocycles. The van der Waals surface area contributed by atoms with Crippen LogP contribution < -0.4 is 15.4 Å². The lowest BCUT2D eigenvalue weighted by molar-refractivity contribution is 0.167. The summed E-state index contributed by atoms with van der Waals surface area (Å²) < 4.78 is 5.08. The van der Waals surface area contributed by atoms with Gasteiger partial charge in [-0.05, 0) is 39.2 Å². The lowest BCUT2D eigenvalue weighted by Gasteiger charge is -2.35. The van der Waals surface area contributed by atoms with Gasteiger partial charge in [0.2, 0.25) is 5.88 Å². The number of hydrogen-bond donors (Lipinski definition) is 2. The van der Waals surface area contributed by atoms with E-state index in [0.717, 1.165) is 44.0 Å². The van der Waals surface area contributed by atoms with Crippen molar-refractivity contribution in [2.75, 3.05) is 26.7 Å². The first-order valence-electron chi connectivity index (χ1n) is 8.90. The second kappa shape index (κ2) is 9.47. The minimum Gasteiger partial charge on any atom is -0.481 e. The van der Waals surface area contributed by atoms with Crippen molar-refractivity contribution < 1.29 is 4.74 Å². The number of aromatic nitrogens is 1. The number of methoxy groups -OCH3 is 1. The Hall–Kier alpha value is -1.82. The minimum atomic E-state index is 0.492. The normalized spacial score (nSPS) is 17.1. The summed E-state index contributed by atoms with van der Waals surface area (Å²) in [4.78, 5) is 11.4. The van der Waals surface area contributed by atoms with Crippen LogP contribution >= 0.6 is 0 Å². The molecular formula is C18H31N5O. The third-order valence-electron chi connectivity index (χ3n) is 4.37. The van der Waals surface area contributed by atoms with Crippen LogP contribution in [0.1, 0.15) is 39.2 Å². The summed E-state index contributed by atoms with van der Waals surface area (Å²) in [5.74, 6) is 1.51. The van der Waals surface area contributed by atoms with Crippen LogP contribution in [0.3, 0.4) is 0 Å². The predicted octanol–water partition coefficient (Wildman–Crippen LogP) is 2.02. The first kappa shape index (κ1) is 18.5. The number of ether oxygens (including phenoxy) is 1. The summed E-state index contributed by atoms with van der Waals surface area (Å²) in [7, 11) is 1.62. The van der Waals surface area contributed by atoms with Crippen LogP contribution in [0.25, 0.3) is 0 Å². The van der Waals surface area contributed by atoms with Crippen LogP contribution in [0.4, 0.5) is 0 Å². The number of rotatable bonds is 6. The van der Waals surface area contributed by atoms with Gasteiger partial charge in [-0.1, -0.05) is 6.07 Å². The van der Waals surface area contributed by atoms with Crippen molar-refractivity contribution in [3.05, 3.63) is 23.9 Å². The van der Waals surface area contributed by atoms with Crippen molar-refractivity contribution in [2.24, 2.45) is 4.99 Å². The Morgan fingerprint density at radius 1 is 1.38 bits per heavy atom. The van der Waals surface area contributed by atoms with E-state index < -0.39 is 0 Å². The SMILES string of the molecule is CCNC(=NCc1ccc(OC)nc1)NC1CCN(C(C)C)CC1. The molecule has 2 rings (SSSR count). The molecule has 0 atom stereocenters. The standard InChI is InChI=1S/C18H31N5O/c1-5-19-18(21-13-15-6-7-17(24-4)20-12-15)22-16-8-10-23(11-9-16)14(2)3/h6-7,12,14,16H,5,8-11,13H2,1-4H3,(H2,19,21,22). The van der Waals surface area contributed by atoms with Gasteiger partial charge in [0, 0.05) is 44.0 Å². The average molecular weight is 333 g/mol. The van der Waals surface area contributed by atoms with E-state index in [1.807, 2.05) is 18.3 Å². The van der Waals surface area contributed by atoms with Crippen molar-refractivity contribution in [1.29, 1.82) is 0 Å². The summed E-state index contributed by atoms with van der Waals surface area (Å²) >= 11 is 0. The molecule has 0 unspecified atom stereocenters. The first-order valence-corrected chi connectivity index (χ1v) is 8.90. The Morgan fingerprint density at radius 3 is 2.67 bits per heavy atom. The molecule has 0 radical (unpaired) electrons. The topological polar surface area (TPSA) is 61.8 Å². The van der Waals surface area contributed by atoms with Crippen LogP contribution in [0.2, 0.25) is 0 Å². The molecule has 1 fully saturated rings. The number of piperidine rings is 1. The monoisotopic (exact) mass is 333 g/mol. The van der Waals surface area contributed by atoms with Gasteiger partial charge in [0.1, 0.15) is 0 Å². The molecule has 0 spiro atoms. The number of pyridine rings is 1. The molecule has 0 bridgehead atoms. The molecule has 1 aromatic rings. The zero-order valence-electron chi connectivity index (χ0n) is 15.4. The summed E-state index contributed by atoms with van der Waals surface area (Å²) in [5.41, 5.74) is 1.07. The third kappa shape index (κ3) is 5.67. The second-order valence-corrected chi connectivity index (χ2v) is 6.45. The number of nitrogens with one attached hydrogen (secondary N) is 2. The van der Waals surface area contributed by atoms with Gasteiger partial charge in [0.15, 0.2) is 5.96 Å². The molecule has 1 saturated heterocycles. The molecule has 0 aliphatic carbocycles. The molecule has 0 saturated carbocycles. The molecule has 1 aliphatic rings. The van der Waals surface area contributed by atoms with Gasteiger partial charge >= 0.3 is 0 Å². The van der Waals surface area contributed by atoms with Crippen molar-refractivity contribution in [1.82, 2.24) is 20.5 Å². The first-order chi connectivity index (χ1) is 11.6. The maximum atomic E-state index is 5.08. The molecule has 6 nitrogen and oxygen atoms in total. The van der Waals surface area contributed by atoms with Gasteiger partial charge in [-0.15, -0.1) is 0 Å². The molecule has 0 aromatic carbocycles. The summed E-state index contributed by atoms with van der Waals surface area (Å²) in [5, 5.41) is 6.91. The molecular weight excluding hydrogens is 302 g/mol. The third-order valence-corrected chi connectivity index (χ3v) is 4.37. The quantitative estimate of drug-likeness (QED) is 0.616. The fourth-order valence-corrected chi connectivity index (χ4v) is 2.87. The highest BCUT2D eigenvalue weighted by molar-refractivity contribution is 5.80. The highest BCUT2D eigenvalue weighted by Crippen LogP contribution is 2.13. The van der Waals surface area contributed by atoms with Gasteiger partial charge in [0.05, 0.1) is 13.7 Å². The van der Waals surface area contributed by atoms with E-state index in [1.165, 1.54) is 0 Å². The maximum Gasteiger partial charge on any atom is 0.212 e. The smallest absolute Gasteiger partial charge is 0.212 e. The van der Waals surface area contributed by atoms with Crippen LogP contribution in [0, 0.1) is 0 Å². The van der Waals surface area contributed by atoms with Gasteiger partial charge in [-0.25, -0.2) is 9.98 Å². The van der Waals surface area contributed by atoms with Crippen LogP contribution in [0.5, 0.6) is 5.88 Å². The van der Waals surface area contributed by atoms with Crippen molar-refractivity contribution >= 4 is 5.96 Å². The number of nitrogens with zero attached hydrogens (tertiary/aromatic N) is 3. The van der Waals surface area contributed by atoms with E-state index in [2.05, 4.69) is 46.3 Å². The number of aliphatic imine (C=N–C) groups is 1. The van der Waals surface area contributed by atoms with Gasteiger partial charge in [-0.3, -0.25) is 0 Å². The van der Waals surface area contributed by atoms with Crippen LogP contribution in [-0.2, 0) is 6.54 Å². The summed E-state index contributed by atoms with van der Waals surface area (Å²) in [6.07, 6.45) is 4.13. The number of likely N-dealkylation sites (tertiary alicyclic amines) is 1. The molecule has 1 aromatic heterocycles. The highest BCUT2D eigenvalue weighted by Gasteiger charge is 2.21. The van der Waals surface area contributed by atoms with E-state index in [-0.39, 0.29) is 0 Å². The number of guanidine groups is 1. The van der Waals surface area contributed by atoms with E-state index >= 15 is 0 Å². The van der Waals surface area contributed by atoms with E-state index in [4.69, 9.17) is 4.74 Å². The lowest BCUT2D eigenvalue weighted by atomic mass is 10.0. The van der Waals surface area contributed by atoms with Crippen molar-refractivity contribution in [2.45, 2.75) is 52.2 Å². The molecule has 0 amide bonds. The fourth-order valence-electron chi connectivity index (χ4n) is 2.87. The Kier molecular flexibility index (Phi) is 7.31. The van der Waals surface area contributed by atoms with Crippen molar-refractivity contribution in [3.63, 3.8) is 0 Å². The Labute approximate surface area is 145 Å². The zero-order chi connectivity index (χ0) is 17.4. The van der Waals surface area contributed by atoms with Gasteiger partial charge in [0.25, 0.3) is 0 Å². The van der Waals surface area contributed by atoms with Gasteiger partial charge in [-0.2, -0.15) is 0 Å². The van der Waals surface area contributed by atoms with Crippen molar-refractivity contribution in [3.8, 4) is 5.88 Å². The largest absolute Gasteiger partial charge is 0.481 e. The Balaban J connectivity index is 1.88. The second-order valence-electron chi connectivity index (χ2n) is 6.45. The van der Waals surface area contributed by atoms with Crippen LogP contribution in [-0.4, -0.2) is 54.7 Å². The van der Waals surface area contributed by atoms with Crippen LogP contribution in [0.15, 0.2) is 23.3 Å². The van der Waals surface area contributed by atoms with E-state index in [0.29, 0.717) is 24.5 Å². The molecule has 2 N–H and O–H groups in total.